The van der Waals surface area contributed by atoms with Gasteiger partial charge in [0.1, 0.15) is 24.7 Å². The van der Waals surface area contributed by atoms with Crippen LogP contribution in [0, 0.1) is 5.92 Å². The number of ketones is 1. The van der Waals surface area contributed by atoms with Crippen molar-refractivity contribution in [1.82, 2.24) is 0 Å². The number of nitrogen functional groups attached to an aromatic ring is 1. The van der Waals surface area contributed by atoms with E-state index in [0.29, 0.717) is 47.2 Å². The second kappa shape index (κ2) is 13.8. The van der Waals surface area contributed by atoms with E-state index in [1.165, 1.54) is 0 Å². The first-order valence-corrected chi connectivity index (χ1v) is 13.5. The van der Waals surface area contributed by atoms with Gasteiger partial charge in [-0.1, -0.05) is 74.5 Å². The molecule has 4 aromatic rings. The monoisotopic (exact) mass is 549 g/mol. The molecule has 4 rings (SSSR count). The number of anilines is 2. The zero-order chi connectivity index (χ0) is 29.2. The van der Waals surface area contributed by atoms with Crippen LogP contribution >= 0.6 is 0 Å². The van der Waals surface area contributed by atoms with Crippen LogP contribution in [0.5, 0.6) is 11.5 Å². The van der Waals surface area contributed by atoms with Gasteiger partial charge in [-0.25, -0.2) is 0 Å². The lowest BCUT2D eigenvalue weighted by atomic mass is 10.0. The van der Waals surface area contributed by atoms with Crippen molar-refractivity contribution in [3.05, 3.63) is 131 Å². The summed E-state index contributed by atoms with van der Waals surface area (Å²) in [5, 5.41) is 3.35. The van der Waals surface area contributed by atoms with Crippen LogP contribution in [-0.4, -0.2) is 11.7 Å². The Balaban J connectivity index is 1.58. The van der Waals surface area contributed by atoms with E-state index in [0.717, 1.165) is 11.1 Å². The number of ether oxygens (including phenoxy) is 2. The highest BCUT2D eigenvalue weighted by molar-refractivity contribution is 6.07. The lowest BCUT2D eigenvalue weighted by Crippen LogP contribution is -2.14. The molecule has 4 aromatic carbocycles. The second-order valence-corrected chi connectivity index (χ2v) is 10.1. The Labute approximate surface area is 240 Å². The smallest absolute Gasteiger partial charge is 0.252 e. The Morgan fingerprint density at radius 2 is 1.34 bits per heavy atom. The van der Waals surface area contributed by atoms with E-state index in [1.54, 1.807) is 42.5 Å². The maximum atomic E-state index is 13.5. The normalized spacial score (nSPS) is 11.2. The number of carbonyl (C=O) groups is 2. The molecule has 210 valence electrons. The molecule has 0 radical (unpaired) electrons. The van der Waals surface area contributed by atoms with Crippen LogP contribution in [0.15, 0.2) is 109 Å². The average Bonchev–Trinajstić information content (AvgIpc) is 2.95. The van der Waals surface area contributed by atoms with Crippen LogP contribution in [0.3, 0.4) is 0 Å². The minimum atomic E-state index is -0.584. The van der Waals surface area contributed by atoms with Gasteiger partial charge in [0.15, 0.2) is 5.78 Å². The van der Waals surface area contributed by atoms with Crippen molar-refractivity contribution in [3.63, 3.8) is 0 Å². The van der Waals surface area contributed by atoms with Crippen LogP contribution in [0.4, 0.5) is 11.4 Å². The molecule has 0 unspecified atom stereocenters. The number of nitrogens with one attached hydrogen (secondary N) is 1. The second-order valence-electron chi connectivity index (χ2n) is 10.1. The summed E-state index contributed by atoms with van der Waals surface area (Å²) < 4.78 is 12.0. The zero-order valence-electron chi connectivity index (χ0n) is 23.3. The molecule has 0 atom stereocenters. The number of nitrogens with two attached hydrogens (primary N) is 2. The first kappa shape index (κ1) is 29.0. The van der Waals surface area contributed by atoms with Gasteiger partial charge in [0.05, 0.1) is 11.1 Å². The summed E-state index contributed by atoms with van der Waals surface area (Å²) in [4.78, 5) is 25.6. The standard InChI is InChI=1S/C34H35N3O4/c1-23(2)17-28(19-31(38)29-15-13-26(35)18-32(29)40-21-24-9-5-3-6-10-24)37-27-14-16-30(34(36)39)33(20-27)41-22-25-11-7-4-8-12-25/h3-16,18-20,23,37H,17,21-22,35H2,1-2H3,(H2,36,39)/b28-19-. The maximum absolute atomic E-state index is 13.5. The summed E-state index contributed by atoms with van der Waals surface area (Å²) in [6.45, 7) is 4.73. The number of rotatable bonds is 13. The molecule has 7 nitrogen and oxygen atoms in total. The molecule has 0 aromatic heterocycles. The Kier molecular flexibility index (Phi) is 9.78. The number of allylic oxidation sites excluding steroid dienone is 2. The quantitative estimate of drug-likeness (QED) is 0.0965. The topological polar surface area (TPSA) is 117 Å². The molecule has 0 saturated carbocycles. The molecule has 5 N–H and O–H groups in total. The largest absolute Gasteiger partial charge is 0.488 e. The molecule has 0 spiro atoms. The van der Waals surface area contributed by atoms with Gasteiger partial charge in [-0.05, 0) is 47.7 Å². The van der Waals surface area contributed by atoms with Gasteiger partial charge in [0.25, 0.3) is 5.91 Å². The van der Waals surface area contributed by atoms with Crippen molar-refractivity contribution in [2.24, 2.45) is 11.7 Å². The van der Waals surface area contributed by atoms with Crippen LogP contribution in [0.1, 0.15) is 52.1 Å². The first-order valence-electron chi connectivity index (χ1n) is 13.5. The molecule has 0 fully saturated rings. The summed E-state index contributed by atoms with van der Waals surface area (Å²) in [6.07, 6.45) is 2.19. The van der Waals surface area contributed by atoms with Crippen LogP contribution in [0.2, 0.25) is 0 Å². The molecule has 7 heteroatoms. The molecule has 0 bridgehead atoms. The van der Waals surface area contributed by atoms with Crippen LogP contribution in [-0.2, 0) is 13.2 Å². The molecule has 0 aliphatic carbocycles. The number of amides is 1. The molecule has 1 amide bonds. The number of carbonyl (C=O) groups excluding carboxylic acids is 2. The summed E-state index contributed by atoms with van der Waals surface area (Å²) in [7, 11) is 0. The van der Waals surface area contributed by atoms with E-state index in [2.05, 4.69) is 19.2 Å². The molecule has 0 aliphatic rings. The fourth-order valence-electron chi connectivity index (χ4n) is 4.26. The SMILES string of the molecule is CC(C)C/C(=C/C(=O)c1ccc(N)cc1OCc1ccccc1)Nc1ccc(C(N)=O)c(OCc2ccccc2)c1. The third-order valence-electron chi connectivity index (χ3n) is 6.23. The summed E-state index contributed by atoms with van der Waals surface area (Å²) in [6, 6.07) is 29.5. The fraction of sp³-hybridized carbons (Fsp3) is 0.176. The van der Waals surface area contributed by atoms with Crippen molar-refractivity contribution in [2.75, 3.05) is 11.1 Å². The van der Waals surface area contributed by atoms with Crippen LogP contribution in [0.25, 0.3) is 0 Å². The molecule has 0 heterocycles. The third kappa shape index (κ3) is 8.47. The lowest BCUT2D eigenvalue weighted by molar-refractivity contribution is 0.0994. The van der Waals surface area contributed by atoms with Gasteiger partial charge < -0.3 is 26.3 Å². The van der Waals surface area contributed by atoms with Crippen molar-refractivity contribution in [2.45, 2.75) is 33.5 Å². The Hall–Kier alpha value is -5.04. The Bertz CT molecular complexity index is 1520. The number of benzene rings is 4. The minimum absolute atomic E-state index is 0.217. The molecule has 0 aliphatic heterocycles. The maximum Gasteiger partial charge on any atom is 0.252 e. The van der Waals surface area contributed by atoms with E-state index in [9.17, 15) is 9.59 Å². The van der Waals surface area contributed by atoms with Gasteiger partial charge >= 0.3 is 0 Å². The number of hydrogen-bond donors (Lipinski definition) is 3. The Morgan fingerprint density at radius 3 is 1.90 bits per heavy atom. The van der Waals surface area contributed by atoms with Gasteiger partial charge in [0, 0.05) is 35.3 Å². The van der Waals surface area contributed by atoms with E-state index >= 15 is 0 Å². The average molecular weight is 550 g/mol. The molecule has 0 saturated heterocycles. The van der Waals surface area contributed by atoms with Gasteiger partial charge in [-0.15, -0.1) is 0 Å². The van der Waals surface area contributed by atoms with Gasteiger partial charge in [-0.2, -0.15) is 0 Å². The van der Waals surface area contributed by atoms with Gasteiger partial charge in [0.2, 0.25) is 0 Å². The molecular weight excluding hydrogens is 514 g/mol. The van der Waals surface area contributed by atoms with Crippen molar-refractivity contribution < 1.29 is 19.1 Å². The molecular formula is C34H35N3O4. The Morgan fingerprint density at radius 1 is 0.780 bits per heavy atom. The first-order chi connectivity index (χ1) is 19.8. The third-order valence-corrected chi connectivity index (χ3v) is 6.23. The lowest BCUT2D eigenvalue weighted by Gasteiger charge is -2.17. The zero-order valence-corrected chi connectivity index (χ0v) is 23.3. The predicted molar refractivity (Wildman–Crippen MR) is 163 cm³/mol. The highest BCUT2D eigenvalue weighted by Crippen LogP contribution is 2.28. The minimum Gasteiger partial charge on any atom is -0.488 e. The van der Waals surface area contributed by atoms with Crippen molar-refractivity contribution in [1.29, 1.82) is 0 Å². The number of hydrogen-bond acceptors (Lipinski definition) is 6. The van der Waals surface area contributed by atoms with E-state index in [-0.39, 0.29) is 23.9 Å². The van der Waals surface area contributed by atoms with E-state index in [1.807, 2.05) is 60.7 Å². The summed E-state index contributed by atoms with van der Waals surface area (Å²) in [5.41, 5.74) is 16.1. The highest BCUT2D eigenvalue weighted by atomic mass is 16.5. The van der Waals surface area contributed by atoms with Crippen LogP contribution < -0.4 is 26.3 Å². The van der Waals surface area contributed by atoms with Crippen molar-refractivity contribution in [3.8, 4) is 11.5 Å². The van der Waals surface area contributed by atoms with E-state index in [4.69, 9.17) is 20.9 Å². The van der Waals surface area contributed by atoms with E-state index < -0.39 is 5.91 Å². The predicted octanol–water partition coefficient (Wildman–Crippen LogP) is 6.75. The number of primary amides is 1. The highest BCUT2D eigenvalue weighted by Gasteiger charge is 2.16. The van der Waals surface area contributed by atoms with Crippen molar-refractivity contribution >= 4 is 23.1 Å². The van der Waals surface area contributed by atoms with Gasteiger partial charge in [-0.3, -0.25) is 9.59 Å². The fourth-order valence-corrected chi connectivity index (χ4v) is 4.26. The molecule has 41 heavy (non-hydrogen) atoms. The summed E-state index contributed by atoms with van der Waals surface area (Å²) >= 11 is 0. The summed E-state index contributed by atoms with van der Waals surface area (Å²) in [5.74, 6) is 0.239.